The Bertz CT molecular complexity index is 611. The van der Waals surface area contributed by atoms with Crippen molar-refractivity contribution >= 4 is 35.3 Å². The van der Waals surface area contributed by atoms with Gasteiger partial charge in [-0.1, -0.05) is 66.2 Å². The molecule has 4 heteroatoms. The van der Waals surface area contributed by atoms with Gasteiger partial charge in [0, 0.05) is 17.3 Å². The first-order valence-electron chi connectivity index (χ1n) is 7.04. The van der Waals surface area contributed by atoms with E-state index in [9.17, 15) is 4.79 Å². The number of halogens is 1. The summed E-state index contributed by atoms with van der Waals surface area (Å²) >= 11 is 7.42. The van der Waals surface area contributed by atoms with Crippen molar-refractivity contribution in [2.24, 2.45) is 0 Å². The lowest BCUT2D eigenvalue weighted by atomic mass is 10.2. The highest BCUT2D eigenvalue weighted by molar-refractivity contribution is 8.00. The zero-order chi connectivity index (χ0) is 15.6. The Morgan fingerprint density at radius 2 is 1.82 bits per heavy atom. The number of rotatable bonds is 7. The number of hydrogen-bond donors (Lipinski definition) is 1. The summed E-state index contributed by atoms with van der Waals surface area (Å²) in [5.41, 5.74) is 2.22. The number of carbonyl (C=O) groups excluding carboxylic acids is 1. The smallest absolute Gasteiger partial charge is 0.230 e. The van der Waals surface area contributed by atoms with Gasteiger partial charge < -0.3 is 5.32 Å². The third-order valence-electron chi connectivity index (χ3n) is 2.96. The van der Waals surface area contributed by atoms with E-state index in [1.807, 2.05) is 42.5 Å². The van der Waals surface area contributed by atoms with Crippen LogP contribution in [0.2, 0.25) is 5.02 Å². The van der Waals surface area contributed by atoms with Crippen LogP contribution in [0.5, 0.6) is 0 Å². The van der Waals surface area contributed by atoms with Crippen LogP contribution in [0.1, 0.15) is 11.1 Å². The molecule has 1 amide bonds. The van der Waals surface area contributed by atoms with Gasteiger partial charge in [-0.3, -0.25) is 4.79 Å². The van der Waals surface area contributed by atoms with Crippen LogP contribution >= 0.6 is 23.4 Å². The number of benzene rings is 2. The average molecular weight is 332 g/mol. The number of hydrogen-bond acceptors (Lipinski definition) is 2. The highest BCUT2D eigenvalue weighted by Crippen LogP contribution is 2.09. The van der Waals surface area contributed by atoms with E-state index in [-0.39, 0.29) is 5.91 Å². The molecule has 1 N–H and O–H groups in total. The molecule has 0 radical (unpaired) electrons. The Labute approximate surface area is 140 Å². The van der Waals surface area contributed by atoms with Crippen molar-refractivity contribution in [1.29, 1.82) is 0 Å². The van der Waals surface area contributed by atoms with E-state index in [2.05, 4.69) is 29.6 Å². The van der Waals surface area contributed by atoms with Crippen LogP contribution in [0.15, 0.2) is 60.7 Å². The summed E-state index contributed by atoms with van der Waals surface area (Å²) < 4.78 is 0. The minimum absolute atomic E-state index is 0.0491. The molecule has 2 aromatic rings. The molecule has 0 aromatic heterocycles. The fraction of sp³-hybridized carbons (Fsp3) is 0.167. The largest absolute Gasteiger partial charge is 0.351 e. The van der Waals surface area contributed by atoms with Crippen molar-refractivity contribution in [2.75, 3.05) is 11.5 Å². The number of carbonyl (C=O) groups is 1. The van der Waals surface area contributed by atoms with Gasteiger partial charge >= 0.3 is 0 Å². The molecule has 0 aliphatic carbocycles. The van der Waals surface area contributed by atoms with E-state index in [0.717, 1.165) is 11.3 Å². The number of nitrogens with one attached hydrogen (secondary N) is 1. The lowest BCUT2D eigenvalue weighted by Gasteiger charge is -2.04. The molecule has 0 saturated carbocycles. The molecular weight excluding hydrogens is 314 g/mol. The summed E-state index contributed by atoms with van der Waals surface area (Å²) in [4.78, 5) is 11.7. The first kappa shape index (κ1) is 16.7. The van der Waals surface area contributed by atoms with Crippen LogP contribution in [0, 0.1) is 0 Å². The fourth-order valence-electron chi connectivity index (χ4n) is 1.82. The Morgan fingerprint density at radius 3 is 2.55 bits per heavy atom. The third-order valence-corrected chi connectivity index (χ3v) is 4.11. The van der Waals surface area contributed by atoms with Gasteiger partial charge in [0.25, 0.3) is 0 Å². The third kappa shape index (κ3) is 6.37. The zero-order valence-electron chi connectivity index (χ0n) is 12.2. The van der Waals surface area contributed by atoms with Crippen molar-refractivity contribution in [3.05, 3.63) is 76.8 Å². The van der Waals surface area contributed by atoms with Gasteiger partial charge in [0.05, 0.1) is 5.75 Å². The minimum Gasteiger partial charge on any atom is -0.351 e. The molecule has 114 valence electrons. The maximum Gasteiger partial charge on any atom is 0.230 e. The lowest BCUT2D eigenvalue weighted by Crippen LogP contribution is -2.24. The van der Waals surface area contributed by atoms with Crippen molar-refractivity contribution in [3.8, 4) is 0 Å². The molecule has 2 rings (SSSR count). The van der Waals surface area contributed by atoms with Crippen LogP contribution in [0.25, 0.3) is 6.08 Å². The van der Waals surface area contributed by atoms with Gasteiger partial charge in [0.1, 0.15) is 0 Å². The molecule has 0 heterocycles. The van der Waals surface area contributed by atoms with Gasteiger partial charge in [-0.05, 0) is 23.3 Å². The molecule has 0 bridgehead atoms. The SMILES string of the molecule is O=C(CSC/C=C\c1ccccc1)NCc1ccc(Cl)cc1. The summed E-state index contributed by atoms with van der Waals surface area (Å²) in [6, 6.07) is 17.6. The van der Waals surface area contributed by atoms with E-state index in [1.54, 1.807) is 11.8 Å². The van der Waals surface area contributed by atoms with Crippen LogP contribution in [-0.2, 0) is 11.3 Å². The second-order valence-electron chi connectivity index (χ2n) is 4.73. The first-order valence-corrected chi connectivity index (χ1v) is 8.58. The standard InChI is InChI=1S/C18H18ClNOS/c19-17-10-8-16(9-11-17)13-20-18(21)14-22-12-4-7-15-5-2-1-3-6-15/h1-11H,12-14H2,(H,20,21)/b7-4-. The summed E-state index contributed by atoms with van der Waals surface area (Å²) in [6.07, 6.45) is 4.14. The molecule has 0 aliphatic heterocycles. The molecule has 2 nitrogen and oxygen atoms in total. The molecule has 0 atom stereocenters. The van der Waals surface area contributed by atoms with Gasteiger partial charge in [-0.25, -0.2) is 0 Å². The Hall–Kier alpha value is -1.71. The quantitative estimate of drug-likeness (QED) is 0.762. The molecule has 2 aromatic carbocycles. The van der Waals surface area contributed by atoms with Gasteiger partial charge in [0.15, 0.2) is 0 Å². The fourth-order valence-corrected chi connectivity index (χ4v) is 2.59. The van der Waals surface area contributed by atoms with Crippen LogP contribution in [0.4, 0.5) is 0 Å². The van der Waals surface area contributed by atoms with Crippen molar-refractivity contribution < 1.29 is 4.79 Å². The second-order valence-corrected chi connectivity index (χ2v) is 6.20. The minimum atomic E-state index is 0.0491. The van der Waals surface area contributed by atoms with E-state index in [4.69, 9.17) is 11.6 Å². The molecular formula is C18H18ClNOS. The highest BCUT2D eigenvalue weighted by atomic mass is 35.5. The van der Waals surface area contributed by atoms with Crippen molar-refractivity contribution in [2.45, 2.75) is 6.54 Å². The predicted molar refractivity (Wildman–Crippen MR) is 96.1 cm³/mol. The summed E-state index contributed by atoms with van der Waals surface area (Å²) in [6.45, 7) is 0.538. The number of thioether (sulfide) groups is 1. The molecule has 0 spiro atoms. The summed E-state index contributed by atoms with van der Waals surface area (Å²) in [7, 11) is 0. The Kier molecular flexibility index (Phi) is 7.07. The second kappa shape index (κ2) is 9.34. The Morgan fingerprint density at radius 1 is 1.09 bits per heavy atom. The van der Waals surface area contributed by atoms with Crippen molar-refractivity contribution in [1.82, 2.24) is 5.32 Å². The van der Waals surface area contributed by atoms with E-state index < -0.39 is 0 Å². The predicted octanol–water partition coefficient (Wildman–Crippen LogP) is 4.40. The van der Waals surface area contributed by atoms with Crippen LogP contribution in [-0.4, -0.2) is 17.4 Å². The summed E-state index contributed by atoms with van der Waals surface area (Å²) in [5.74, 6) is 1.34. The first-order chi connectivity index (χ1) is 10.7. The van der Waals surface area contributed by atoms with Gasteiger partial charge in [-0.2, -0.15) is 0 Å². The molecule has 0 fully saturated rings. The summed E-state index contributed by atoms with van der Waals surface area (Å²) in [5, 5.41) is 3.60. The average Bonchev–Trinajstić information content (AvgIpc) is 2.55. The topological polar surface area (TPSA) is 29.1 Å². The van der Waals surface area contributed by atoms with Crippen LogP contribution in [0.3, 0.4) is 0 Å². The monoisotopic (exact) mass is 331 g/mol. The van der Waals surface area contributed by atoms with E-state index in [0.29, 0.717) is 17.3 Å². The zero-order valence-corrected chi connectivity index (χ0v) is 13.7. The van der Waals surface area contributed by atoms with Gasteiger partial charge in [-0.15, -0.1) is 11.8 Å². The van der Waals surface area contributed by atoms with E-state index in [1.165, 1.54) is 5.56 Å². The Balaban J connectivity index is 1.61. The lowest BCUT2D eigenvalue weighted by molar-refractivity contribution is -0.118. The highest BCUT2D eigenvalue weighted by Gasteiger charge is 2.00. The van der Waals surface area contributed by atoms with E-state index >= 15 is 0 Å². The van der Waals surface area contributed by atoms with Crippen molar-refractivity contribution in [3.63, 3.8) is 0 Å². The molecule has 0 unspecified atom stereocenters. The molecule has 0 saturated heterocycles. The maximum atomic E-state index is 11.7. The maximum absolute atomic E-state index is 11.7. The normalized spacial score (nSPS) is 10.8. The van der Waals surface area contributed by atoms with Gasteiger partial charge in [0.2, 0.25) is 5.91 Å². The van der Waals surface area contributed by atoms with Crippen LogP contribution < -0.4 is 5.32 Å². The molecule has 22 heavy (non-hydrogen) atoms. The number of amides is 1. The molecule has 0 aliphatic rings.